The summed E-state index contributed by atoms with van der Waals surface area (Å²) in [6.07, 6.45) is 1.64. The highest BCUT2D eigenvalue weighted by Gasteiger charge is 2.52. The van der Waals surface area contributed by atoms with E-state index in [2.05, 4.69) is 11.4 Å². The second-order valence-corrected chi connectivity index (χ2v) is 8.97. The van der Waals surface area contributed by atoms with Crippen molar-refractivity contribution in [3.8, 4) is 17.6 Å². The molecule has 1 aliphatic carbocycles. The molecular formula is C28H24N2O5. The maximum atomic E-state index is 13.5. The number of aromatic carboxylic acids is 1. The summed E-state index contributed by atoms with van der Waals surface area (Å²) < 4.78 is 11.6. The largest absolute Gasteiger partial charge is 0.497 e. The van der Waals surface area contributed by atoms with E-state index < -0.39 is 11.4 Å². The van der Waals surface area contributed by atoms with E-state index in [-0.39, 0.29) is 23.6 Å². The summed E-state index contributed by atoms with van der Waals surface area (Å²) in [5.74, 6) is 0.234. The summed E-state index contributed by atoms with van der Waals surface area (Å²) in [5.41, 5.74) is 2.79. The van der Waals surface area contributed by atoms with Gasteiger partial charge >= 0.3 is 5.97 Å². The van der Waals surface area contributed by atoms with Crippen LogP contribution in [0.2, 0.25) is 0 Å². The Morgan fingerprint density at radius 2 is 1.80 bits per heavy atom. The van der Waals surface area contributed by atoms with E-state index in [1.165, 1.54) is 0 Å². The molecule has 0 aromatic heterocycles. The van der Waals surface area contributed by atoms with Crippen molar-refractivity contribution < 1.29 is 24.2 Å². The minimum absolute atomic E-state index is 0.0455. The van der Waals surface area contributed by atoms with Gasteiger partial charge in [-0.25, -0.2) is 4.79 Å². The lowest BCUT2D eigenvalue weighted by molar-refractivity contribution is -0.124. The SMILES string of the molecule is COc1ccc2c(c1)O[C@@H](c1ccc(C(=O)O)cc1)C[C@H]2NC(=O)C1(c2ccc(C#N)cc2)CC1. The third kappa shape index (κ3) is 4.19. The molecule has 7 heteroatoms. The fourth-order valence-corrected chi connectivity index (χ4v) is 4.69. The van der Waals surface area contributed by atoms with Gasteiger partial charge in [0.05, 0.1) is 35.8 Å². The molecule has 3 aromatic rings. The number of hydrogen-bond acceptors (Lipinski definition) is 5. The van der Waals surface area contributed by atoms with Crippen molar-refractivity contribution in [1.82, 2.24) is 5.32 Å². The lowest BCUT2D eigenvalue weighted by Crippen LogP contribution is -2.39. The topological polar surface area (TPSA) is 109 Å². The molecule has 0 unspecified atom stereocenters. The molecule has 1 heterocycles. The zero-order valence-electron chi connectivity index (χ0n) is 19.2. The molecule has 176 valence electrons. The number of carbonyl (C=O) groups excluding carboxylic acids is 1. The molecule has 2 aliphatic rings. The van der Waals surface area contributed by atoms with Gasteiger partial charge in [-0.1, -0.05) is 24.3 Å². The van der Waals surface area contributed by atoms with Crippen LogP contribution in [0.25, 0.3) is 0 Å². The fourth-order valence-electron chi connectivity index (χ4n) is 4.69. The number of amides is 1. The highest BCUT2D eigenvalue weighted by molar-refractivity contribution is 5.91. The van der Waals surface area contributed by atoms with Crippen LogP contribution in [0.1, 0.15) is 64.0 Å². The Balaban J connectivity index is 1.43. The van der Waals surface area contributed by atoms with Gasteiger partial charge in [0.15, 0.2) is 0 Å². The summed E-state index contributed by atoms with van der Waals surface area (Å²) in [5, 5.41) is 21.5. The van der Waals surface area contributed by atoms with Crippen LogP contribution in [0.5, 0.6) is 11.5 Å². The zero-order valence-corrected chi connectivity index (χ0v) is 19.2. The van der Waals surface area contributed by atoms with Gasteiger partial charge in [0.2, 0.25) is 5.91 Å². The monoisotopic (exact) mass is 468 g/mol. The first-order chi connectivity index (χ1) is 16.9. The zero-order chi connectivity index (χ0) is 24.6. The number of rotatable bonds is 6. The third-order valence-corrected chi connectivity index (χ3v) is 6.90. The Kier molecular flexibility index (Phi) is 5.65. The summed E-state index contributed by atoms with van der Waals surface area (Å²) in [6, 6.07) is 21.2. The van der Waals surface area contributed by atoms with E-state index in [4.69, 9.17) is 14.7 Å². The Morgan fingerprint density at radius 3 is 2.40 bits per heavy atom. The van der Waals surface area contributed by atoms with Crippen LogP contribution in [0, 0.1) is 11.3 Å². The number of benzene rings is 3. The number of nitriles is 1. The number of fused-ring (bicyclic) bond motifs is 1. The molecule has 1 saturated carbocycles. The predicted molar refractivity (Wildman–Crippen MR) is 127 cm³/mol. The molecule has 7 nitrogen and oxygen atoms in total. The van der Waals surface area contributed by atoms with E-state index in [0.717, 1.165) is 29.5 Å². The maximum Gasteiger partial charge on any atom is 0.335 e. The number of methoxy groups -OCH3 is 1. The number of hydrogen-bond donors (Lipinski definition) is 2. The fraction of sp³-hybridized carbons (Fsp3) is 0.250. The number of nitrogens with one attached hydrogen (secondary N) is 1. The second kappa shape index (κ2) is 8.80. The molecule has 3 aromatic carbocycles. The van der Waals surface area contributed by atoms with Crippen LogP contribution in [-0.2, 0) is 10.2 Å². The summed E-state index contributed by atoms with van der Waals surface area (Å²) >= 11 is 0. The molecule has 0 radical (unpaired) electrons. The van der Waals surface area contributed by atoms with Crippen molar-refractivity contribution in [3.63, 3.8) is 0 Å². The Bertz CT molecular complexity index is 1320. The molecule has 1 amide bonds. The van der Waals surface area contributed by atoms with Gasteiger partial charge in [0, 0.05) is 18.1 Å². The molecular weight excluding hydrogens is 444 g/mol. The number of ether oxygens (including phenoxy) is 2. The first-order valence-corrected chi connectivity index (χ1v) is 11.4. The molecule has 5 rings (SSSR count). The van der Waals surface area contributed by atoms with E-state index in [1.54, 1.807) is 49.6 Å². The molecule has 1 aliphatic heterocycles. The summed E-state index contributed by atoms with van der Waals surface area (Å²) in [4.78, 5) is 24.8. The van der Waals surface area contributed by atoms with Gasteiger partial charge in [-0.2, -0.15) is 5.26 Å². The molecule has 1 fully saturated rings. The minimum atomic E-state index is -0.987. The quantitative estimate of drug-likeness (QED) is 0.544. The van der Waals surface area contributed by atoms with Crippen molar-refractivity contribution >= 4 is 11.9 Å². The molecule has 35 heavy (non-hydrogen) atoms. The van der Waals surface area contributed by atoms with Crippen LogP contribution in [0.15, 0.2) is 66.7 Å². The highest BCUT2D eigenvalue weighted by Crippen LogP contribution is 2.50. The number of nitrogens with zero attached hydrogens (tertiary/aromatic N) is 1. The van der Waals surface area contributed by atoms with Crippen molar-refractivity contribution in [2.75, 3.05) is 7.11 Å². The van der Waals surface area contributed by atoms with E-state index in [0.29, 0.717) is 23.5 Å². The minimum Gasteiger partial charge on any atom is -0.497 e. The van der Waals surface area contributed by atoms with E-state index in [9.17, 15) is 14.7 Å². The number of carboxylic acids is 1. The van der Waals surface area contributed by atoms with Gasteiger partial charge in [0.1, 0.15) is 17.6 Å². The Labute approximate surface area is 202 Å². The van der Waals surface area contributed by atoms with Crippen LogP contribution in [0.4, 0.5) is 0 Å². The number of carbonyl (C=O) groups is 2. The predicted octanol–water partition coefficient (Wildman–Crippen LogP) is 4.68. The first-order valence-electron chi connectivity index (χ1n) is 11.4. The van der Waals surface area contributed by atoms with Crippen molar-refractivity contribution in [1.29, 1.82) is 5.26 Å². The van der Waals surface area contributed by atoms with Crippen molar-refractivity contribution in [2.45, 2.75) is 36.8 Å². The van der Waals surface area contributed by atoms with Gasteiger partial charge in [0.25, 0.3) is 0 Å². The standard InChI is InChI=1S/C28H24N2O5/c1-34-21-10-11-22-23(30-27(33)28(12-13-28)20-8-2-17(16-29)3-9-20)15-24(35-25(22)14-21)18-4-6-19(7-5-18)26(31)32/h2-11,14,23-24H,12-13,15H2,1H3,(H,30,33)(H,31,32)/t23-,24-/m1/s1. The van der Waals surface area contributed by atoms with E-state index in [1.807, 2.05) is 24.3 Å². The second-order valence-electron chi connectivity index (χ2n) is 8.97. The Hall–Kier alpha value is -4.31. The average molecular weight is 469 g/mol. The maximum absolute atomic E-state index is 13.5. The van der Waals surface area contributed by atoms with Gasteiger partial charge in [-0.05, 0) is 60.4 Å². The van der Waals surface area contributed by atoms with Crippen LogP contribution >= 0.6 is 0 Å². The molecule has 0 bridgehead atoms. The number of carboxylic acid groups (broad SMARTS) is 1. The summed E-state index contributed by atoms with van der Waals surface area (Å²) in [6.45, 7) is 0. The normalized spacial score (nSPS) is 19.4. The van der Waals surface area contributed by atoms with Gasteiger partial charge in [-0.15, -0.1) is 0 Å². The van der Waals surface area contributed by atoms with Gasteiger partial charge < -0.3 is 19.9 Å². The molecule has 0 spiro atoms. The molecule has 2 atom stereocenters. The van der Waals surface area contributed by atoms with E-state index >= 15 is 0 Å². The van der Waals surface area contributed by atoms with Crippen molar-refractivity contribution in [3.05, 3.63) is 94.5 Å². The lowest BCUT2D eigenvalue weighted by atomic mass is 9.90. The lowest BCUT2D eigenvalue weighted by Gasteiger charge is -2.34. The molecule has 0 saturated heterocycles. The highest BCUT2D eigenvalue weighted by atomic mass is 16.5. The van der Waals surface area contributed by atoms with Crippen LogP contribution in [0.3, 0.4) is 0 Å². The average Bonchev–Trinajstić information content (AvgIpc) is 3.70. The smallest absolute Gasteiger partial charge is 0.335 e. The van der Waals surface area contributed by atoms with Gasteiger partial charge in [-0.3, -0.25) is 4.79 Å². The molecule has 2 N–H and O–H groups in total. The third-order valence-electron chi connectivity index (χ3n) is 6.90. The first kappa shape index (κ1) is 22.5. The van der Waals surface area contributed by atoms with Crippen LogP contribution < -0.4 is 14.8 Å². The van der Waals surface area contributed by atoms with Crippen molar-refractivity contribution in [2.24, 2.45) is 0 Å². The van der Waals surface area contributed by atoms with Crippen LogP contribution in [-0.4, -0.2) is 24.1 Å². The summed E-state index contributed by atoms with van der Waals surface area (Å²) in [7, 11) is 1.58. The Morgan fingerprint density at radius 1 is 1.09 bits per heavy atom.